The maximum Gasteiger partial charge on any atom is 0.256 e. The van der Waals surface area contributed by atoms with Crippen molar-refractivity contribution in [3.63, 3.8) is 0 Å². The first-order chi connectivity index (χ1) is 14.9. The first-order valence-electron chi connectivity index (χ1n) is 10.9. The van der Waals surface area contributed by atoms with Crippen LogP contribution < -0.4 is 0 Å². The number of benzene rings is 1. The molecule has 1 aromatic heterocycles. The maximum absolute atomic E-state index is 14.0. The van der Waals surface area contributed by atoms with Gasteiger partial charge < -0.3 is 14.7 Å². The summed E-state index contributed by atoms with van der Waals surface area (Å²) in [7, 11) is 2.07. The van der Waals surface area contributed by atoms with Crippen LogP contribution in [0, 0.1) is 12.7 Å². The first-order valence-corrected chi connectivity index (χ1v) is 10.9. The molecule has 4 rings (SSSR count). The van der Waals surface area contributed by atoms with E-state index in [9.17, 15) is 14.0 Å². The van der Waals surface area contributed by atoms with Crippen molar-refractivity contribution in [1.29, 1.82) is 0 Å². The molecule has 2 saturated heterocycles. The molecule has 2 aliphatic rings. The number of likely N-dealkylation sites (tertiary alicyclic amines) is 1. The van der Waals surface area contributed by atoms with Gasteiger partial charge in [0.1, 0.15) is 5.82 Å². The Bertz CT molecular complexity index is 964. The van der Waals surface area contributed by atoms with E-state index >= 15 is 0 Å². The van der Waals surface area contributed by atoms with Gasteiger partial charge in [-0.3, -0.25) is 14.6 Å². The predicted molar refractivity (Wildman–Crippen MR) is 117 cm³/mol. The molecule has 164 valence electrons. The molecule has 0 atom stereocenters. The number of aryl methyl sites for hydroxylation is 1. The standard InChI is InChI=1S/C24H29FN4O2/c1-17-7-8-20(24(31)29-15-13-27(2)14-16-29)22(26-17)18-9-11-28(12-10-18)23(30)19-5-3-4-6-21(19)25/h3-8,18H,9-16H2,1-2H3. The Labute approximate surface area is 182 Å². The van der Waals surface area contributed by atoms with Gasteiger partial charge in [0, 0.05) is 50.9 Å². The number of hydrogen-bond acceptors (Lipinski definition) is 4. The third kappa shape index (κ3) is 4.61. The average molecular weight is 425 g/mol. The number of nitrogens with zero attached hydrogens (tertiary/aromatic N) is 4. The summed E-state index contributed by atoms with van der Waals surface area (Å²) in [6, 6.07) is 9.89. The van der Waals surface area contributed by atoms with Crippen molar-refractivity contribution in [2.75, 3.05) is 46.3 Å². The second-order valence-electron chi connectivity index (χ2n) is 8.53. The van der Waals surface area contributed by atoms with Crippen LogP contribution in [-0.2, 0) is 0 Å². The zero-order valence-electron chi connectivity index (χ0n) is 18.2. The summed E-state index contributed by atoms with van der Waals surface area (Å²) in [5, 5.41) is 0. The Hall–Kier alpha value is -2.80. The molecule has 0 bridgehead atoms. The number of carbonyl (C=O) groups is 2. The second-order valence-corrected chi connectivity index (χ2v) is 8.53. The number of likely N-dealkylation sites (N-methyl/N-ethyl adjacent to an activating group) is 1. The lowest BCUT2D eigenvalue weighted by atomic mass is 9.89. The molecule has 3 heterocycles. The topological polar surface area (TPSA) is 56.8 Å². The first kappa shape index (κ1) is 21.4. The van der Waals surface area contributed by atoms with Crippen molar-refractivity contribution in [2.45, 2.75) is 25.7 Å². The van der Waals surface area contributed by atoms with Crippen LogP contribution in [0.1, 0.15) is 50.9 Å². The molecule has 0 aliphatic carbocycles. The molecule has 6 nitrogen and oxygen atoms in total. The van der Waals surface area contributed by atoms with E-state index in [1.54, 1.807) is 17.0 Å². The fraction of sp³-hybridized carbons (Fsp3) is 0.458. The molecule has 1 aromatic carbocycles. The van der Waals surface area contributed by atoms with E-state index in [1.165, 1.54) is 12.1 Å². The van der Waals surface area contributed by atoms with Crippen molar-refractivity contribution < 1.29 is 14.0 Å². The molecular formula is C24H29FN4O2. The van der Waals surface area contributed by atoms with Crippen LogP contribution >= 0.6 is 0 Å². The Balaban J connectivity index is 1.48. The third-order valence-corrected chi connectivity index (χ3v) is 6.36. The van der Waals surface area contributed by atoms with Gasteiger partial charge in [-0.15, -0.1) is 0 Å². The minimum absolute atomic E-state index is 0.0421. The number of hydrogen-bond donors (Lipinski definition) is 0. The lowest BCUT2D eigenvalue weighted by molar-refractivity contribution is 0.0653. The summed E-state index contributed by atoms with van der Waals surface area (Å²) in [6.45, 7) is 6.17. The molecular weight excluding hydrogens is 395 g/mol. The van der Waals surface area contributed by atoms with Crippen LogP contribution in [-0.4, -0.2) is 77.8 Å². The highest BCUT2D eigenvalue weighted by atomic mass is 19.1. The highest BCUT2D eigenvalue weighted by molar-refractivity contribution is 5.96. The molecule has 0 unspecified atom stereocenters. The summed E-state index contributed by atoms with van der Waals surface area (Å²) in [5.41, 5.74) is 2.51. The molecule has 2 fully saturated rings. The van der Waals surface area contributed by atoms with E-state index in [1.807, 2.05) is 24.0 Å². The summed E-state index contributed by atoms with van der Waals surface area (Å²) in [5.74, 6) is -0.617. The number of rotatable bonds is 3. The van der Waals surface area contributed by atoms with Gasteiger partial charge in [-0.05, 0) is 51.1 Å². The minimum atomic E-state index is -0.491. The number of aromatic nitrogens is 1. The van der Waals surface area contributed by atoms with Gasteiger partial charge in [-0.25, -0.2) is 4.39 Å². The Morgan fingerprint density at radius 3 is 2.16 bits per heavy atom. The second kappa shape index (κ2) is 9.14. The van der Waals surface area contributed by atoms with Crippen LogP contribution in [0.25, 0.3) is 0 Å². The molecule has 0 saturated carbocycles. The van der Waals surface area contributed by atoms with Crippen molar-refractivity contribution in [2.24, 2.45) is 0 Å². The van der Waals surface area contributed by atoms with Gasteiger partial charge in [0.05, 0.1) is 16.8 Å². The van der Waals surface area contributed by atoms with Gasteiger partial charge in [0.2, 0.25) is 0 Å². The average Bonchev–Trinajstić information content (AvgIpc) is 2.79. The summed E-state index contributed by atoms with van der Waals surface area (Å²) < 4.78 is 14.0. The van der Waals surface area contributed by atoms with E-state index < -0.39 is 5.82 Å². The fourth-order valence-corrected chi connectivity index (χ4v) is 4.41. The van der Waals surface area contributed by atoms with Crippen molar-refractivity contribution in [3.05, 3.63) is 64.7 Å². The van der Waals surface area contributed by atoms with E-state index in [-0.39, 0.29) is 23.3 Å². The summed E-state index contributed by atoms with van der Waals surface area (Å²) in [4.78, 5) is 36.6. The lowest BCUT2D eigenvalue weighted by Crippen LogP contribution is -2.47. The smallest absolute Gasteiger partial charge is 0.256 e. The van der Waals surface area contributed by atoms with Gasteiger partial charge >= 0.3 is 0 Å². The Morgan fingerprint density at radius 2 is 1.48 bits per heavy atom. The molecule has 2 aromatic rings. The van der Waals surface area contributed by atoms with Crippen LogP contribution in [0.15, 0.2) is 36.4 Å². The zero-order valence-corrected chi connectivity index (χ0v) is 18.2. The van der Waals surface area contributed by atoms with Crippen molar-refractivity contribution in [3.8, 4) is 0 Å². The van der Waals surface area contributed by atoms with Crippen LogP contribution in [0.5, 0.6) is 0 Å². The maximum atomic E-state index is 14.0. The van der Waals surface area contributed by atoms with Crippen LogP contribution in [0.2, 0.25) is 0 Å². The normalized spacial score (nSPS) is 18.3. The predicted octanol–water partition coefficient (Wildman–Crippen LogP) is 2.94. The number of pyridine rings is 1. The van der Waals surface area contributed by atoms with E-state index in [4.69, 9.17) is 4.98 Å². The molecule has 31 heavy (non-hydrogen) atoms. The Kier molecular flexibility index (Phi) is 6.32. The van der Waals surface area contributed by atoms with Crippen molar-refractivity contribution in [1.82, 2.24) is 19.7 Å². The number of amides is 2. The molecule has 0 spiro atoms. The summed E-state index contributed by atoms with van der Waals surface area (Å²) >= 11 is 0. The molecule has 0 N–H and O–H groups in total. The van der Waals surface area contributed by atoms with Crippen LogP contribution in [0.3, 0.4) is 0 Å². The van der Waals surface area contributed by atoms with E-state index in [0.717, 1.165) is 37.6 Å². The number of piperazine rings is 1. The SMILES string of the molecule is Cc1ccc(C(=O)N2CCN(C)CC2)c(C2CCN(C(=O)c3ccccc3F)CC2)n1. The van der Waals surface area contributed by atoms with E-state index in [0.29, 0.717) is 31.5 Å². The van der Waals surface area contributed by atoms with Gasteiger partial charge in [0.25, 0.3) is 11.8 Å². The van der Waals surface area contributed by atoms with Gasteiger partial charge in [-0.1, -0.05) is 12.1 Å². The lowest BCUT2D eigenvalue weighted by Gasteiger charge is -2.35. The van der Waals surface area contributed by atoms with Gasteiger partial charge in [0.15, 0.2) is 0 Å². The number of carbonyl (C=O) groups excluding carboxylic acids is 2. The fourth-order valence-electron chi connectivity index (χ4n) is 4.41. The third-order valence-electron chi connectivity index (χ3n) is 6.36. The molecule has 7 heteroatoms. The molecule has 2 amide bonds. The van der Waals surface area contributed by atoms with Crippen molar-refractivity contribution >= 4 is 11.8 Å². The monoisotopic (exact) mass is 424 g/mol. The van der Waals surface area contributed by atoms with Crippen LogP contribution in [0.4, 0.5) is 4.39 Å². The summed E-state index contributed by atoms with van der Waals surface area (Å²) in [6.07, 6.45) is 1.42. The quantitative estimate of drug-likeness (QED) is 0.760. The molecule has 2 aliphatic heterocycles. The highest BCUT2D eigenvalue weighted by Crippen LogP contribution is 2.31. The molecule has 0 radical (unpaired) electrons. The largest absolute Gasteiger partial charge is 0.339 e. The highest BCUT2D eigenvalue weighted by Gasteiger charge is 2.30. The zero-order chi connectivity index (χ0) is 22.0. The Morgan fingerprint density at radius 1 is 0.871 bits per heavy atom. The minimum Gasteiger partial charge on any atom is -0.339 e. The van der Waals surface area contributed by atoms with Gasteiger partial charge in [-0.2, -0.15) is 0 Å². The number of piperidine rings is 1. The number of halogens is 1. The van der Waals surface area contributed by atoms with E-state index in [2.05, 4.69) is 11.9 Å².